The summed E-state index contributed by atoms with van der Waals surface area (Å²) < 4.78 is 5.78. The molecule has 0 spiro atoms. The Morgan fingerprint density at radius 3 is 2.08 bits per heavy atom. The van der Waals surface area contributed by atoms with Crippen LogP contribution in [0.4, 0.5) is 11.4 Å². The molecule has 2 amide bonds. The predicted octanol–water partition coefficient (Wildman–Crippen LogP) is 4.36. The Hall–Kier alpha value is -3.60. The molecule has 0 fully saturated rings. The van der Waals surface area contributed by atoms with E-state index < -0.39 is 11.8 Å². The number of benzene rings is 3. The fourth-order valence-corrected chi connectivity index (χ4v) is 2.28. The number of anilines is 2. The van der Waals surface area contributed by atoms with Gasteiger partial charge in [-0.3, -0.25) is 9.59 Å². The highest BCUT2D eigenvalue weighted by Gasteiger charge is 2.16. The van der Waals surface area contributed by atoms with Crippen molar-refractivity contribution in [3.63, 3.8) is 0 Å². The average Bonchev–Trinajstić information content (AvgIpc) is 2.66. The minimum Gasteiger partial charge on any atom is -0.455 e. The number of rotatable bonds is 4. The highest BCUT2D eigenvalue weighted by Crippen LogP contribution is 2.29. The molecule has 3 aromatic carbocycles. The van der Waals surface area contributed by atoms with E-state index >= 15 is 0 Å². The van der Waals surface area contributed by atoms with E-state index in [1.165, 1.54) is 0 Å². The van der Waals surface area contributed by atoms with Gasteiger partial charge in [-0.25, -0.2) is 0 Å². The van der Waals surface area contributed by atoms with Crippen LogP contribution >= 0.6 is 0 Å². The predicted molar refractivity (Wildman–Crippen MR) is 101 cm³/mol. The molecule has 2 N–H and O–H groups in total. The fraction of sp³-hybridized carbons (Fsp3) is 0.0476. The Bertz CT molecular complexity index is 906. The SMILES string of the molecule is Cc1ccc(NC(=O)C(=O)Nc2ccccc2Oc2ccccc2)cc1. The van der Waals surface area contributed by atoms with Crippen molar-refractivity contribution in [3.05, 3.63) is 84.4 Å². The van der Waals surface area contributed by atoms with Crippen molar-refractivity contribution in [2.24, 2.45) is 0 Å². The van der Waals surface area contributed by atoms with Gasteiger partial charge in [-0.2, -0.15) is 0 Å². The van der Waals surface area contributed by atoms with Gasteiger partial charge in [0.05, 0.1) is 5.69 Å². The van der Waals surface area contributed by atoms with E-state index in [0.717, 1.165) is 5.56 Å². The molecule has 3 aromatic rings. The second-order valence-electron chi connectivity index (χ2n) is 5.69. The van der Waals surface area contributed by atoms with E-state index in [-0.39, 0.29) is 0 Å². The average molecular weight is 346 g/mol. The second kappa shape index (κ2) is 7.98. The largest absolute Gasteiger partial charge is 0.455 e. The zero-order valence-electron chi connectivity index (χ0n) is 14.2. The van der Waals surface area contributed by atoms with E-state index in [1.807, 2.05) is 49.4 Å². The van der Waals surface area contributed by atoms with Gasteiger partial charge in [-0.15, -0.1) is 0 Å². The summed E-state index contributed by atoms with van der Waals surface area (Å²) in [6.45, 7) is 1.95. The van der Waals surface area contributed by atoms with Gasteiger partial charge in [-0.1, -0.05) is 48.0 Å². The number of para-hydroxylation sites is 3. The maximum absolute atomic E-state index is 12.2. The van der Waals surface area contributed by atoms with Crippen LogP contribution in [0, 0.1) is 6.92 Å². The first kappa shape index (κ1) is 17.2. The number of nitrogens with one attached hydrogen (secondary N) is 2. The van der Waals surface area contributed by atoms with Crippen LogP contribution in [0.3, 0.4) is 0 Å². The number of aryl methyl sites for hydroxylation is 1. The topological polar surface area (TPSA) is 67.4 Å². The molecule has 5 heteroatoms. The summed E-state index contributed by atoms with van der Waals surface area (Å²) in [6.07, 6.45) is 0. The molecule has 0 saturated carbocycles. The van der Waals surface area contributed by atoms with E-state index in [0.29, 0.717) is 22.9 Å². The van der Waals surface area contributed by atoms with E-state index in [2.05, 4.69) is 10.6 Å². The van der Waals surface area contributed by atoms with Crippen LogP contribution in [-0.4, -0.2) is 11.8 Å². The van der Waals surface area contributed by atoms with Crippen molar-refractivity contribution in [2.75, 3.05) is 10.6 Å². The lowest BCUT2D eigenvalue weighted by atomic mass is 10.2. The molecule has 3 rings (SSSR count). The molecular formula is C21H18N2O3. The molecule has 0 aliphatic carbocycles. The first-order valence-corrected chi connectivity index (χ1v) is 8.13. The third-order valence-corrected chi connectivity index (χ3v) is 3.62. The zero-order valence-corrected chi connectivity index (χ0v) is 14.2. The number of hydrogen-bond acceptors (Lipinski definition) is 3. The number of carbonyl (C=O) groups is 2. The van der Waals surface area contributed by atoms with Crippen molar-refractivity contribution in [1.82, 2.24) is 0 Å². The smallest absolute Gasteiger partial charge is 0.314 e. The molecule has 0 saturated heterocycles. The lowest BCUT2D eigenvalue weighted by Crippen LogP contribution is -2.29. The highest BCUT2D eigenvalue weighted by atomic mass is 16.5. The minimum atomic E-state index is -0.769. The van der Waals surface area contributed by atoms with Crippen LogP contribution in [0.1, 0.15) is 5.56 Å². The van der Waals surface area contributed by atoms with Crippen molar-refractivity contribution >= 4 is 23.2 Å². The number of amides is 2. The summed E-state index contributed by atoms with van der Waals surface area (Å²) in [5, 5.41) is 5.15. The van der Waals surface area contributed by atoms with Gasteiger partial charge in [0.15, 0.2) is 5.75 Å². The molecule has 0 aliphatic rings. The molecule has 0 bridgehead atoms. The van der Waals surface area contributed by atoms with Crippen LogP contribution < -0.4 is 15.4 Å². The normalized spacial score (nSPS) is 10.0. The quantitative estimate of drug-likeness (QED) is 0.690. The molecule has 26 heavy (non-hydrogen) atoms. The molecule has 0 unspecified atom stereocenters. The maximum atomic E-state index is 12.2. The maximum Gasteiger partial charge on any atom is 0.314 e. The molecule has 5 nitrogen and oxygen atoms in total. The van der Waals surface area contributed by atoms with Crippen molar-refractivity contribution in [2.45, 2.75) is 6.92 Å². The molecule has 0 atom stereocenters. The van der Waals surface area contributed by atoms with Crippen LogP contribution in [0.15, 0.2) is 78.9 Å². The van der Waals surface area contributed by atoms with E-state index in [4.69, 9.17) is 4.74 Å². The third kappa shape index (κ3) is 4.48. The fourth-order valence-electron chi connectivity index (χ4n) is 2.28. The molecule has 0 aromatic heterocycles. The molecule has 0 radical (unpaired) electrons. The number of carbonyl (C=O) groups excluding carboxylic acids is 2. The summed E-state index contributed by atoms with van der Waals surface area (Å²) in [6, 6.07) is 23.4. The van der Waals surface area contributed by atoms with Crippen LogP contribution in [0.25, 0.3) is 0 Å². The first-order valence-electron chi connectivity index (χ1n) is 8.13. The van der Waals surface area contributed by atoms with Crippen LogP contribution in [-0.2, 0) is 9.59 Å². The Morgan fingerprint density at radius 2 is 1.35 bits per heavy atom. The first-order chi connectivity index (χ1) is 12.6. The molecule has 130 valence electrons. The number of hydrogen-bond donors (Lipinski definition) is 2. The van der Waals surface area contributed by atoms with Crippen LogP contribution in [0.2, 0.25) is 0 Å². The highest BCUT2D eigenvalue weighted by molar-refractivity contribution is 6.43. The van der Waals surface area contributed by atoms with Crippen molar-refractivity contribution < 1.29 is 14.3 Å². The third-order valence-electron chi connectivity index (χ3n) is 3.62. The van der Waals surface area contributed by atoms with Gasteiger partial charge in [0, 0.05) is 5.69 Å². The lowest BCUT2D eigenvalue weighted by Gasteiger charge is -2.12. The van der Waals surface area contributed by atoms with Gasteiger partial charge in [0.2, 0.25) is 0 Å². The second-order valence-corrected chi connectivity index (χ2v) is 5.69. The van der Waals surface area contributed by atoms with Gasteiger partial charge in [0.1, 0.15) is 5.75 Å². The van der Waals surface area contributed by atoms with Gasteiger partial charge in [-0.05, 0) is 43.3 Å². The summed E-state index contributed by atoms with van der Waals surface area (Å²) in [5.74, 6) is -0.424. The van der Waals surface area contributed by atoms with E-state index in [9.17, 15) is 9.59 Å². The number of ether oxygens (including phenoxy) is 1. The molecule has 0 heterocycles. The van der Waals surface area contributed by atoms with Crippen LogP contribution in [0.5, 0.6) is 11.5 Å². The Morgan fingerprint density at radius 1 is 0.731 bits per heavy atom. The summed E-state index contributed by atoms with van der Waals surface area (Å²) in [4.78, 5) is 24.3. The zero-order chi connectivity index (χ0) is 18.4. The molecule has 0 aliphatic heterocycles. The van der Waals surface area contributed by atoms with E-state index in [1.54, 1.807) is 36.4 Å². The lowest BCUT2D eigenvalue weighted by molar-refractivity contribution is -0.133. The molecular weight excluding hydrogens is 328 g/mol. The summed E-state index contributed by atoms with van der Waals surface area (Å²) in [7, 11) is 0. The van der Waals surface area contributed by atoms with Crippen molar-refractivity contribution in [1.29, 1.82) is 0 Å². The Balaban J connectivity index is 1.69. The minimum absolute atomic E-state index is 0.417. The summed E-state index contributed by atoms with van der Waals surface area (Å²) >= 11 is 0. The standard InChI is InChI=1S/C21H18N2O3/c1-15-11-13-16(14-12-15)22-20(24)21(25)23-18-9-5-6-10-19(18)26-17-7-3-2-4-8-17/h2-14H,1H3,(H,22,24)(H,23,25). The van der Waals surface area contributed by atoms with Gasteiger partial charge < -0.3 is 15.4 Å². The summed E-state index contributed by atoms with van der Waals surface area (Å²) in [5.41, 5.74) is 2.05. The monoisotopic (exact) mass is 346 g/mol. The van der Waals surface area contributed by atoms with Crippen molar-refractivity contribution in [3.8, 4) is 11.5 Å². The Kier molecular flexibility index (Phi) is 5.29. The van der Waals surface area contributed by atoms with Gasteiger partial charge >= 0.3 is 11.8 Å². The van der Waals surface area contributed by atoms with Gasteiger partial charge in [0.25, 0.3) is 0 Å². The Labute approximate surface area is 151 Å².